The van der Waals surface area contributed by atoms with Crippen LogP contribution in [0.3, 0.4) is 0 Å². The van der Waals surface area contributed by atoms with Crippen LogP contribution in [0.5, 0.6) is 5.75 Å². The van der Waals surface area contributed by atoms with Gasteiger partial charge >= 0.3 is 0 Å². The zero-order valence-electron chi connectivity index (χ0n) is 19.8. The first-order valence-corrected chi connectivity index (χ1v) is 12.7. The zero-order valence-corrected chi connectivity index (χ0v) is 21.3. The van der Waals surface area contributed by atoms with Gasteiger partial charge in [0, 0.05) is 36.8 Å². The van der Waals surface area contributed by atoms with Gasteiger partial charge in [0.15, 0.2) is 0 Å². The smallest absolute Gasteiger partial charge is 0.220 e. The minimum Gasteiger partial charge on any atom is -0.497 e. The summed E-state index contributed by atoms with van der Waals surface area (Å²) < 4.78 is 5.20. The van der Waals surface area contributed by atoms with Crippen molar-refractivity contribution in [2.45, 2.75) is 38.1 Å². The maximum Gasteiger partial charge on any atom is 0.220 e. The Bertz CT molecular complexity index is 1120. The largest absolute Gasteiger partial charge is 0.497 e. The van der Waals surface area contributed by atoms with Crippen LogP contribution in [0, 0.1) is 5.92 Å². The van der Waals surface area contributed by atoms with Gasteiger partial charge in [-0.15, -0.1) is 0 Å². The standard InChI is InChI=1S/C27H30Cl2N4O2/c1-35-22-9-7-18(8-10-22)21-16-31-25(32-17-21)11-12-26(34)33-24(20-5-3-13-30-15-20)14-19-4-2-6-23(28)27(19)29/h2,4,6-10,16-17,20,24,30H,3,5,11-15H2,1H3,(H,33,34). The summed E-state index contributed by atoms with van der Waals surface area (Å²) in [6.07, 6.45) is 7.18. The van der Waals surface area contributed by atoms with Gasteiger partial charge in [-0.3, -0.25) is 4.79 Å². The molecule has 2 heterocycles. The van der Waals surface area contributed by atoms with E-state index in [0.29, 0.717) is 41.1 Å². The van der Waals surface area contributed by atoms with Crippen molar-refractivity contribution in [1.82, 2.24) is 20.6 Å². The number of hydrogen-bond acceptors (Lipinski definition) is 5. The van der Waals surface area contributed by atoms with Crippen LogP contribution in [0.25, 0.3) is 11.1 Å². The predicted molar refractivity (Wildman–Crippen MR) is 140 cm³/mol. The molecule has 0 spiro atoms. The normalized spacial score (nSPS) is 16.5. The van der Waals surface area contributed by atoms with Crippen LogP contribution in [0.4, 0.5) is 0 Å². The monoisotopic (exact) mass is 512 g/mol. The predicted octanol–water partition coefficient (Wildman–Crippen LogP) is 5.12. The van der Waals surface area contributed by atoms with Crippen LogP contribution in [-0.4, -0.2) is 42.1 Å². The maximum absolute atomic E-state index is 12.9. The molecule has 3 aromatic rings. The number of nitrogens with one attached hydrogen (secondary N) is 2. The van der Waals surface area contributed by atoms with Crippen molar-refractivity contribution < 1.29 is 9.53 Å². The number of methoxy groups -OCH3 is 1. The maximum atomic E-state index is 12.9. The third kappa shape index (κ3) is 6.94. The van der Waals surface area contributed by atoms with Gasteiger partial charge in [-0.25, -0.2) is 9.97 Å². The number of ether oxygens (including phenoxy) is 1. The molecule has 1 saturated heterocycles. The van der Waals surface area contributed by atoms with Crippen molar-refractivity contribution in [3.8, 4) is 16.9 Å². The number of aryl methyl sites for hydroxylation is 1. The lowest BCUT2D eigenvalue weighted by molar-refractivity contribution is -0.122. The fourth-order valence-corrected chi connectivity index (χ4v) is 4.82. The molecule has 184 valence electrons. The summed E-state index contributed by atoms with van der Waals surface area (Å²) in [4.78, 5) is 21.8. The van der Waals surface area contributed by atoms with Gasteiger partial charge in [-0.2, -0.15) is 0 Å². The number of rotatable bonds is 9. The number of piperidine rings is 1. The molecule has 8 heteroatoms. The van der Waals surface area contributed by atoms with E-state index in [4.69, 9.17) is 27.9 Å². The number of amides is 1. The Morgan fingerprint density at radius 1 is 1.14 bits per heavy atom. The number of carbonyl (C=O) groups excluding carboxylic acids is 1. The number of halogens is 2. The van der Waals surface area contributed by atoms with Crippen LogP contribution in [0.1, 0.15) is 30.7 Å². The Labute approximate surface area is 216 Å². The molecule has 0 bridgehead atoms. The molecule has 4 rings (SSSR count). The molecule has 1 aromatic heterocycles. The lowest BCUT2D eigenvalue weighted by atomic mass is 9.87. The molecule has 0 radical (unpaired) electrons. The average molecular weight is 513 g/mol. The molecule has 2 N–H and O–H groups in total. The van der Waals surface area contributed by atoms with Gasteiger partial charge in [0.2, 0.25) is 5.91 Å². The number of carbonyl (C=O) groups is 1. The van der Waals surface area contributed by atoms with Gasteiger partial charge in [0.05, 0.1) is 17.2 Å². The van der Waals surface area contributed by atoms with Gasteiger partial charge in [0.1, 0.15) is 11.6 Å². The van der Waals surface area contributed by atoms with Crippen molar-refractivity contribution in [3.63, 3.8) is 0 Å². The number of aromatic nitrogens is 2. The van der Waals surface area contributed by atoms with Crippen molar-refractivity contribution in [3.05, 3.63) is 76.3 Å². The van der Waals surface area contributed by atoms with Crippen LogP contribution in [-0.2, 0) is 17.6 Å². The van der Waals surface area contributed by atoms with E-state index in [9.17, 15) is 4.79 Å². The molecule has 6 nitrogen and oxygen atoms in total. The van der Waals surface area contributed by atoms with E-state index in [1.54, 1.807) is 25.6 Å². The highest BCUT2D eigenvalue weighted by molar-refractivity contribution is 6.42. The first-order valence-electron chi connectivity index (χ1n) is 11.9. The first-order chi connectivity index (χ1) is 17.0. The molecule has 35 heavy (non-hydrogen) atoms. The summed E-state index contributed by atoms with van der Waals surface area (Å²) in [7, 11) is 1.64. The molecule has 2 atom stereocenters. The summed E-state index contributed by atoms with van der Waals surface area (Å²) in [5.41, 5.74) is 2.88. The molecule has 1 fully saturated rings. The Morgan fingerprint density at radius 3 is 2.60 bits per heavy atom. The minimum atomic E-state index is -0.0235. The van der Waals surface area contributed by atoms with Gasteiger partial charge in [-0.1, -0.05) is 47.5 Å². The fourth-order valence-electron chi connectivity index (χ4n) is 4.42. The second-order valence-electron chi connectivity index (χ2n) is 8.81. The van der Waals surface area contributed by atoms with Crippen LogP contribution < -0.4 is 15.4 Å². The Balaban J connectivity index is 1.36. The highest BCUT2D eigenvalue weighted by atomic mass is 35.5. The summed E-state index contributed by atoms with van der Waals surface area (Å²) in [5, 5.41) is 7.79. The molecule has 2 aromatic carbocycles. The molecule has 1 aliphatic heterocycles. The van der Waals surface area contributed by atoms with Gasteiger partial charge in [-0.05, 0) is 67.6 Å². The van der Waals surface area contributed by atoms with E-state index in [1.165, 1.54) is 0 Å². The third-order valence-electron chi connectivity index (χ3n) is 6.43. The molecule has 0 saturated carbocycles. The van der Waals surface area contributed by atoms with Crippen molar-refractivity contribution in [1.29, 1.82) is 0 Å². The van der Waals surface area contributed by atoms with E-state index in [1.807, 2.05) is 36.4 Å². The molecular weight excluding hydrogens is 483 g/mol. The van der Waals surface area contributed by atoms with Gasteiger partial charge < -0.3 is 15.4 Å². The third-order valence-corrected chi connectivity index (χ3v) is 7.28. The molecule has 0 aliphatic carbocycles. The average Bonchev–Trinajstić information content (AvgIpc) is 2.90. The Hall–Kier alpha value is -2.67. The van der Waals surface area contributed by atoms with Crippen LogP contribution >= 0.6 is 23.2 Å². The van der Waals surface area contributed by atoms with Crippen molar-refractivity contribution in [2.24, 2.45) is 5.92 Å². The SMILES string of the molecule is COc1ccc(-c2cnc(CCC(=O)NC(Cc3cccc(Cl)c3Cl)C3CCCNC3)nc2)cc1. The highest BCUT2D eigenvalue weighted by Crippen LogP contribution is 2.28. The molecule has 1 amide bonds. The van der Waals surface area contributed by atoms with E-state index in [-0.39, 0.29) is 11.9 Å². The summed E-state index contributed by atoms with van der Waals surface area (Å²) in [5.74, 6) is 1.77. The lowest BCUT2D eigenvalue weighted by Gasteiger charge is -2.32. The zero-order chi connectivity index (χ0) is 24.6. The Morgan fingerprint density at radius 2 is 1.91 bits per heavy atom. The number of nitrogens with zero attached hydrogens (tertiary/aromatic N) is 2. The van der Waals surface area contributed by atoms with E-state index in [2.05, 4.69) is 20.6 Å². The Kier molecular flexibility index (Phi) is 8.96. The molecule has 2 unspecified atom stereocenters. The first kappa shape index (κ1) is 25.4. The molecule has 1 aliphatic rings. The second kappa shape index (κ2) is 12.3. The number of benzene rings is 2. The topological polar surface area (TPSA) is 76.1 Å². The van der Waals surface area contributed by atoms with Crippen LogP contribution in [0.2, 0.25) is 10.0 Å². The summed E-state index contributed by atoms with van der Waals surface area (Å²) >= 11 is 12.7. The second-order valence-corrected chi connectivity index (χ2v) is 9.60. The summed E-state index contributed by atoms with van der Waals surface area (Å²) in [6, 6.07) is 13.4. The van der Waals surface area contributed by atoms with Gasteiger partial charge in [0.25, 0.3) is 0 Å². The number of hydrogen-bond donors (Lipinski definition) is 2. The quantitative estimate of drug-likeness (QED) is 0.416. The minimum absolute atomic E-state index is 0.0124. The molecular formula is C27H30Cl2N4O2. The van der Waals surface area contributed by atoms with E-state index < -0.39 is 0 Å². The van der Waals surface area contributed by atoms with E-state index in [0.717, 1.165) is 48.4 Å². The van der Waals surface area contributed by atoms with E-state index >= 15 is 0 Å². The summed E-state index contributed by atoms with van der Waals surface area (Å²) in [6.45, 7) is 1.89. The fraction of sp³-hybridized carbons (Fsp3) is 0.370. The van der Waals surface area contributed by atoms with Crippen LogP contribution in [0.15, 0.2) is 54.9 Å². The van der Waals surface area contributed by atoms with Crippen molar-refractivity contribution >= 4 is 29.1 Å². The van der Waals surface area contributed by atoms with Crippen molar-refractivity contribution in [2.75, 3.05) is 20.2 Å². The lowest BCUT2D eigenvalue weighted by Crippen LogP contribution is -2.47. The highest BCUT2D eigenvalue weighted by Gasteiger charge is 2.26.